The maximum absolute atomic E-state index is 13.2. The smallest absolute Gasteiger partial charge is 0.341 e. The summed E-state index contributed by atoms with van der Waals surface area (Å²) in [7, 11) is 0. The summed E-state index contributed by atoms with van der Waals surface area (Å²) < 4.78 is 32.5. The monoisotopic (exact) mass is 272 g/mol. The molecule has 0 aliphatic heterocycles. The Balaban J connectivity index is 2.30. The summed E-state index contributed by atoms with van der Waals surface area (Å²) in [4.78, 5) is 11.7. The third-order valence-electron chi connectivity index (χ3n) is 3.46. The number of aromatic nitrogens is 2. The Bertz CT molecular complexity index is 440. The number of hydrogen-bond donors (Lipinski definition) is 0. The molecular weight excluding hydrogens is 254 g/mol. The fourth-order valence-corrected chi connectivity index (χ4v) is 2.57. The van der Waals surface area contributed by atoms with Gasteiger partial charge in [0.25, 0.3) is 6.43 Å². The molecule has 0 unspecified atom stereocenters. The van der Waals surface area contributed by atoms with Gasteiger partial charge < -0.3 is 4.74 Å². The predicted molar refractivity (Wildman–Crippen MR) is 65.3 cm³/mol. The lowest BCUT2D eigenvalue weighted by Crippen LogP contribution is -2.18. The summed E-state index contributed by atoms with van der Waals surface area (Å²) in [5.74, 6) is -0.722. The van der Waals surface area contributed by atoms with Crippen LogP contribution in [-0.4, -0.2) is 22.4 Å². The second kappa shape index (κ2) is 6.12. The molecule has 2 rings (SSSR count). The number of esters is 1. The van der Waals surface area contributed by atoms with Crippen LogP contribution in [0.4, 0.5) is 8.78 Å². The SMILES string of the molecule is CCOC(=O)c1cnn(C2CCCCC2)c1C(F)F. The van der Waals surface area contributed by atoms with Crippen molar-refractivity contribution in [2.24, 2.45) is 0 Å². The number of nitrogens with zero attached hydrogens (tertiary/aromatic N) is 2. The third kappa shape index (κ3) is 2.93. The van der Waals surface area contributed by atoms with Crippen molar-refractivity contribution in [3.05, 3.63) is 17.5 Å². The largest absolute Gasteiger partial charge is 0.462 e. The summed E-state index contributed by atoms with van der Waals surface area (Å²) >= 11 is 0. The zero-order valence-electron chi connectivity index (χ0n) is 10.9. The van der Waals surface area contributed by atoms with E-state index in [2.05, 4.69) is 5.10 Å². The molecule has 0 aromatic carbocycles. The number of halogens is 2. The van der Waals surface area contributed by atoms with E-state index in [1.807, 2.05) is 0 Å². The Labute approximate surface area is 110 Å². The Kier molecular flexibility index (Phi) is 4.50. The van der Waals surface area contributed by atoms with Gasteiger partial charge in [0, 0.05) is 0 Å². The number of carbonyl (C=O) groups is 1. The van der Waals surface area contributed by atoms with Gasteiger partial charge in [0.05, 0.1) is 18.8 Å². The average molecular weight is 272 g/mol. The minimum absolute atomic E-state index is 0.0269. The van der Waals surface area contributed by atoms with E-state index in [1.54, 1.807) is 6.92 Å². The highest BCUT2D eigenvalue weighted by Crippen LogP contribution is 2.33. The van der Waals surface area contributed by atoms with Crippen LogP contribution < -0.4 is 0 Å². The molecule has 0 atom stereocenters. The van der Waals surface area contributed by atoms with E-state index in [4.69, 9.17) is 4.74 Å². The van der Waals surface area contributed by atoms with Crippen LogP contribution in [0.15, 0.2) is 6.20 Å². The van der Waals surface area contributed by atoms with Gasteiger partial charge in [-0.3, -0.25) is 4.68 Å². The van der Waals surface area contributed by atoms with E-state index in [1.165, 1.54) is 10.9 Å². The molecule has 1 aliphatic rings. The molecule has 19 heavy (non-hydrogen) atoms. The molecule has 0 bridgehead atoms. The first-order valence-corrected chi connectivity index (χ1v) is 6.67. The van der Waals surface area contributed by atoms with Gasteiger partial charge in [-0.05, 0) is 19.8 Å². The van der Waals surface area contributed by atoms with E-state index >= 15 is 0 Å². The summed E-state index contributed by atoms with van der Waals surface area (Å²) in [5.41, 5.74) is -0.409. The fourth-order valence-electron chi connectivity index (χ4n) is 2.57. The lowest BCUT2D eigenvalue weighted by atomic mass is 9.95. The van der Waals surface area contributed by atoms with E-state index < -0.39 is 12.4 Å². The molecular formula is C13H18F2N2O2. The average Bonchev–Trinajstić information content (AvgIpc) is 2.85. The quantitative estimate of drug-likeness (QED) is 0.788. The fraction of sp³-hybridized carbons (Fsp3) is 0.692. The highest BCUT2D eigenvalue weighted by atomic mass is 19.3. The van der Waals surface area contributed by atoms with Gasteiger partial charge in [-0.25, -0.2) is 13.6 Å². The van der Waals surface area contributed by atoms with Gasteiger partial charge >= 0.3 is 5.97 Å². The molecule has 1 fully saturated rings. The van der Waals surface area contributed by atoms with Crippen LogP contribution in [0, 0.1) is 0 Å². The number of alkyl halides is 2. The summed E-state index contributed by atoms with van der Waals surface area (Å²) in [6.45, 7) is 1.81. The molecule has 1 aliphatic carbocycles. The van der Waals surface area contributed by atoms with Crippen LogP contribution >= 0.6 is 0 Å². The first-order valence-electron chi connectivity index (χ1n) is 6.67. The normalized spacial score (nSPS) is 16.8. The summed E-state index contributed by atoms with van der Waals surface area (Å²) in [6.07, 6.45) is 3.32. The van der Waals surface area contributed by atoms with Crippen molar-refractivity contribution in [2.45, 2.75) is 51.5 Å². The van der Waals surface area contributed by atoms with Crippen molar-refractivity contribution in [2.75, 3.05) is 6.61 Å². The Morgan fingerprint density at radius 1 is 1.47 bits per heavy atom. The van der Waals surface area contributed by atoms with E-state index in [0.29, 0.717) is 0 Å². The maximum Gasteiger partial charge on any atom is 0.341 e. The molecule has 1 aromatic heterocycles. The first-order chi connectivity index (χ1) is 9.15. The molecule has 0 spiro atoms. The van der Waals surface area contributed by atoms with Gasteiger partial charge in [-0.2, -0.15) is 5.10 Å². The molecule has 0 saturated heterocycles. The maximum atomic E-state index is 13.2. The van der Waals surface area contributed by atoms with Crippen molar-refractivity contribution in [3.8, 4) is 0 Å². The summed E-state index contributed by atoms with van der Waals surface area (Å²) in [5, 5.41) is 4.00. The van der Waals surface area contributed by atoms with Crippen molar-refractivity contribution >= 4 is 5.97 Å². The van der Waals surface area contributed by atoms with Gasteiger partial charge in [0.1, 0.15) is 11.3 Å². The van der Waals surface area contributed by atoms with E-state index in [0.717, 1.165) is 32.1 Å². The molecule has 106 valence electrons. The topological polar surface area (TPSA) is 44.1 Å². The second-order valence-electron chi connectivity index (χ2n) is 4.70. The van der Waals surface area contributed by atoms with Crippen LogP contribution in [0.25, 0.3) is 0 Å². The van der Waals surface area contributed by atoms with Crippen LogP contribution in [0.3, 0.4) is 0 Å². The lowest BCUT2D eigenvalue weighted by Gasteiger charge is -2.24. The molecule has 1 saturated carbocycles. The van der Waals surface area contributed by atoms with Crippen LogP contribution in [-0.2, 0) is 4.74 Å². The highest BCUT2D eigenvalue weighted by molar-refractivity contribution is 5.90. The zero-order valence-corrected chi connectivity index (χ0v) is 10.9. The number of rotatable bonds is 4. The zero-order chi connectivity index (χ0) is 13.8. The Morgan fingerprint density at radius 3 is 2.74 bits per heavy atom. The van der Waals surface area contributed by atoms with Gasteiger partial charge in [0.2, 0.25) is 0 Å². The van der Waals surface area contributed by atoms with Crippen LogP contribution in [0.2, 0.25) is 0 Å². The van der Waals surface area contributed by atoms with E-state index in [-0.39, 0.29) is 23.9 Å². The minimum atomic E-state index is -2.72. The Morgan fingerprint density at radius 2 is 2.16 bits per heavy atom. The summed E-state index contributed by atoms with van der Waals surface area (Å²) in [6, 6.07) is -0.0269. The molecule has 0 N–H and O–H groups in total. The molecule has 0 amide bonds. The predicted octanol–water partition coefficient (Wildman–Crippen LogP) is 3.50. The standard InChI is InChI=1S/C13H18F2N2O2/c1-2-19-13(18)10-8-16-17(11(10)12(14)15)9-6-4-3-5-7-9/h8-9,12H,2-7H2,1H3. The van der Waals surface area contributed by atoms with Crippen molar-refractivity contribution in [3.63, 3.8) is 0 Å². The van der Waals surface area contributed by atoms with Gasteiger partial charge in [0.15, 0.2) is 0 Å². The van der Waals surface area contributed by atoms with Gasteiger partial charge in [-0.1, -0.05) is 19.3 Å². The van der Waals surface area contributed by atoms with Gasteiger partial charge in [-0.15, -0.1) is 0 Å². The molecule has 0 radical (unpaired) electrons. The number of ether oxygens (including phenoxy) is 1. The highest BCUT2D eigenvalue weighted by Gasteiger charge is 2.29. The number of hydrogen-bond acceptors (Lipinski definition) is 3. The lowest BCUT2D eigenvalue weighted by molar-refractivity contribution is 0.0512. The van der Waals surface area contributed by atoms with Crippen LogP contribution in [0.5, 0.6) is 0 Å². The Hall–Kier alpha value is -1.46. The van der Waals surface area contributed by atoms with E-state index in [9.17, 15) is 13.6 Å². The minimum Gasteiger partial charge on any atom is -0.462 e. The van der Waals surface area contributed by atoms with Crippen molar-refractivity contribution in [1.82, 2.24) is 9.78 Å². The van der Waals surface area contributed by atoms with Crippen molar-refractivity contribution < 1.29 is 18.3 Å². The van der Waals surface area contributed by atoms with Crippen molar-refractivity contribution in [1.29, 1.82) is 0 Å². The third-order valence-corrected chi connectivity index (χ3v) is 3.46. The van der Waals surface area contributed by atoms with Crippen LogP contribution in [0.1, 0.15) is 67.5 Å². The molecule has 6 heteroatoms. The second-order valence-corrected chi connectivity index (χ2v) is 4.70. The molecule has 1 heterocycles. The molecule has 4 nitrogen and oxygen atoms in total. The molecule has 1 aromatic rings. The first kappa shape index (κ1) is 14.0. The number of carbonyl (C=O) groups excluding carboxylic acids is 1.